The second-order valence-electron chi connectivity index (χ2n) is 9.10. The maximum absolute atomic E-state index is 14.7. The third kappa shape index (κ3) is 5.69. The van der Waals surface area contributed by atoms with E-state index in [-0.39, 0.29) is 5.83 Å². The van der Waals surface area contributed by atoms with Crippen LogP contribution in [-0.2, 0) is 0 Å². The van der Waals surface area contributed by atoms with Gasteiger partial charge in [0.25, 0.3) is 0 Å². The van der Waals surface area contributed by atoms with Crippen LogP contribution < -0.4 is 0 Å². The SMILES string of the molecule is C/C=C(\C=C(\F)CC1CCC(C2CCCCC2)CC1)C1CCCCC1. The average Bonchev–Trinajstić information content (AvgIpc) is 2.68. The van der Waals surface area contributed by atoms with E-state index in [0.717, 1.165) is 11.8 Å². The van der Waals surface area contributed by atoms with Crippen molar-refractivity contribution in [2.75, 3.05) is 0 Å². The van der Waals surface area contributed by atoms with Crippen LogP contribution in [0, 0.1) is 23.7 Å². The molecule has 3 rings (SSSR count). The van der Waals surface area contributed by atoms with Gasteiger partial charge in [0.15, 0.2) is 0 Å². The molecular formula is C24H39F. The molecule has 3 aliphatic carbocycles. The Hall–Kier alpha value is -0.590. The molecule has 0 aromatic heterocycles. The molecule has 3 aliphatic rings. The number of halogens is 1. The van der Waals surface area contributed by atoms with Crippen LogP contribution in [0.15, 0.2) is 23.6 Å². The van der Waals surface area contributed by atoms with Gasteiger partial charge in [-0.05, 0) is 80.8 Å². The lowest BCUT2D eigenvalue weighted by Gasteiger charge is -2.35. The van der Waals surface area contributed by atoms with Crippen molar-refractivity contribution in [3.05, 3.63) is 23.6 Å². The van der Waals surface area contributed by atoms with Crippen LogP contribution in [0.5, 0.6) is 0 Å². The Kier molecular flexibility index (Phi) is 7.62. The van der Waals surface area contributed by atoms with Crippen molar-refractivity contribution in [3.63, 3.8) is 0 Å². The first-order chi connectivity index (χ1) is 12.3. The standard InChI is InChI=1S/C24H39F/c1-2-20(21-9-5-3-6-10-21)18-24(25)17-19-13-15-23(16-14-19)22-11-7-4-8-12-22/h2,18-19,21-23H,3-17H2,1H3/b20-2+,24-18+. The van der Waals surface area contributed by atoms with Crippen LogP contribution in [0.4, 0.5) is 4.39 Å². The van der Waals surface area contributed by atoms with Crippen LogP contribution >= 0.6 is 0 Å². The Labute approximate surface area is 155 Å². The predicted octanol–water partition coefficient (Wildman–Crippen LogP) is 8.14. The average molecular weight is 347 g/mol. The molecule has 3 saturated carbocycles. The van der Waals surface area contributed by atoms with E-state index in [1.54, 1.807) is 0 Å². The zero-order chi connectivity index (χ0) is 17.5. The van der Waals surface area contributed by atoms with E-state index in [2.05, 4.69) is 13.0 Å². The fourth-order valence-corrected chi connectivity index (χ4v) is 5.86. The lowest BCUT2D eigenvalue weighted by atomic mass is 9.70. The molecule has 0 amide bonds. The fourth-order valence-electron chi connectivity index (χ4n) is 5.86. The Balaban J connectivity index is 1.45. The summed E-state index contributed by atoms with van der Waals surface area (Å²) in [6.45, 7) is 2.09. The molecule has 0 aliphatic heterocycles. The molecular weight excluding hydrogens is 307 g/mol. The van der Waals surface area contributed by atoms with Crippen LogP contribution in [-0.4, -0.2) is 0 Å². The van der Waals surface area contributed by atoms with Crippen molar-refractivity contribution in [1.29, 1.82) is 0 Å². The molecule has 1 heteroatoms. The highest BCUT2D eigenvalue weighted by atomic mass is 19.1. The highest BCUT2D eigenvalue weighted by molar-refractivity contribution is 5.24. The molecule has 0 aromatic carbocycles. The maximum atomic E-state index is 14.7. The van der Waals surface area contributed by atoms with Gasteiger partial charge in [-0.1, -0.05) is 57.4 Å². The fraction of sp³-hybridized carbons (Fsp3) is 0.833. The van der Waals surface area contributed by atoms with E-state index in [9.17, 15) is 4.39 Å². The molecule has 0 aromatic rings. The summed E-state index contributed by atoms with van der Waals surface area (Å²) < 4.78 is 14.7. The first-order valence-electron chi connectivity index (χ1n) is 11.3. The Morgan fingerprint density at radius 3 is 1.92 bits per heavy atom. The quantitative estimate of drug-likeness (QED) is 0.441. The van der Waals surface area contributed by atoms with Gasteiger partial charge in [0.05, 0.1) is 0 Å². The van der Waals surface area contributed by atoms with Gasteiger partial charge in [0.2, 0.25) is 0 Å². The number of hydrogen-bond donors (Lipinski definition) is 0. The van der Waals surface area contributed by atoms with Crippen LogP contribution in [0.2, 0.25) is 0 Å². The second kappa shape index (κ2) is 9.93. The Morgan fingerprint density at radius 1 is 0.760 bits per heavy atom. The van der Waals surface area contributed by atoms with E-state index in [4.69, 9.17) is 0 Å². The third-order valence-corrected chi connectivity index (χ3v) is 7.42. The van der Waals surface area contributed by atoms with Crippen molar-refractivity contribution in [2.45, 2.75) is 103 Å². The summed E-state index contributed by atoms with van der Waals surface area (Å²) in [5, 5.41) is 0. The number of allylic oxidation sites excluding steroid dienone is 4. The van der Waals surface area contributed by atoms with Gasteiger partial charge in [-0.2, -0.15) is 0 Å². The minimum Gasteiger partial charge on any atom is -0.212 e. The summed E-state index contributed by atoms with van der Waals surface area (Å²) >= 11 is 0. The van der Waals surface area contributed by atoms with Crippen molar-refractivity contribution in [2.24, 2.45) is 23.7 Å². The van der Waals surface area contributed by atoms with Crippen molar-refractivity contribution >= 4 is 0 Å². The van der Waals surface area contributed by atoms with Crippen LogP contribution in [0.25, 0.3) is 0 Å². The molecule has 0 spiro atoms. The topological polar surface area (TPSA) is 0 Å². The molecule has 142 valence electrons. The zero-order valence-corrected chi connectivity index (χ0v) is 16.4. The molecule has 0 atom stereocenters. The van der Waals surface area contributed by atoms with Crippen LogP contribution in [0.3, 0.4) is 0 Å². The van der Waals surface area contributed by atoms with E-state index in [1.807, 2.05) is 6.08 Å². The third-order valence-electron chi connectivity index (χ3n) is 7.42. The first kappa shape index (κ1) is 19.2. The van der Waals surface area contributed by atoms with E-state index >= 15 is 0 Å². The summed E-state index contributed by atoms with van der Waals surface area (Å²) in [6.07, 6.45) is 23.8. The van der Waals surface area contributed by atoms with Gasteiger partial charge in [-0.3, -0.25) is 0 Å². The summed E-state index contributed by atoms with van der Waals surface area (Å²) in [5.74, 6) is 3.32. The monoisotopic (exact) mass is 346 g/mol. The normalized spacial score (nSPS) is 31.3. The highest BCUT2D eigenvalue weighted by Crippen LogP contribution is 2.41. The zero-order valence-electron chi connectivity index (χ0n) is 16.4. The molecule has 0 radical (unpaired) electrons. The summed E-state index contributed by atoms with van der Waals surface area (Å²) in [5.41, 5.74) is 1.27. The molecule has 0 N–H and O–H groups in total. The molecule has 0 saturated heterocycles. The Bertz CT molecular complexity index is 441. The van der Waals surface area contributed by atoms with Gasteiger partial charge in [-0.15, -0.1) is 0 Å². The smallest absolute Gasteiger partial charge is 0.100 e. The van der Waals surface area contributed by atoms with Crippen molar-refractivity contribution < 1.29 is 4.39 Å². The number of hydrogen-bond acceptors (Lipinski definition) is 0. The van der Waals surface area contributed by atoms with Gasteiger partial charge < -0.3 is 0 Å². The molecule has 3 fully saturated rings. The molecule has 0 heterocycles. The minimum atomic E-state index is 0.153. The van der Waals surface area contributed by atoms with Crippen LogP contribution in [0.1, 0.15) is 103 Å². The molecule has 0 nitrogen and oxygen atoms in total. The first-order valence-corrected chi connectivity index (χ1v) is 11.3. The lowest BCUT2D eigenvalue weighted by Crippen LogP contribution is -2.23. The Morgan fingerprint density at radius 2 is 1.32 bits per heavy atom. The largest absolute Gasteiger partial charge is 0.212 e. The molecule has 0 unspecified atom stereocenters. The summed E-state index contributed by atoms with van der Waals surface area (Å²) in [4.78, 5) is 0. The van der Waals surface area contributed by atoms with E-state index in [0.29, 0.717) is 18.3 Å². The summed E-state index contributed by atoms with van der Waals surface area (Å²) in [7, 11) is 0. The lowest BCUT2D eigenvalue weighted by molar-refractivity contribution is 0.164. The van der Waals surface area contributed by atoms with Gasteiger partial charge in [0.1, 0.15) is 5.83 Å². The predicted molar refractivity (Wildman–Crippen MR) is 106 cm³/mol. The van der Waals surface area contributed by atoms with Gasteiger partial charge in [-0.25, -0.2) is 4.39 Å². The van der Waals surface area contributed by atoms with E-state index in [1.165, 1.54) is 95.5 Å². The summed E-state index contributed by atoms with van der Waals surface area (Å²) in [6, 6.07) is 0. The van der Waals surface area contributed by atoms with Gasteiger partial charge in [0, 0.05) is 6.42 Å². The maximum Gasteiger partial charge on any atom is 0.100 e. The van der Waals surface area contributed by atoms with Gasteiger partial charge >= 0.3 is 0 Å². The molecule has 25 heavy (non-hydrogen) atoms. The van der Waals surface area contributed by atoms with Crippen molar-refractivity contribution in [1.82, 2.24) is 0 Å². The minimum absolute atomic E-state index is 0.153. The number of rotatable bonds is 5. The van der Waals surface area contributed by atoms with Crippen molar-refractivity contribution in [3.8, 4) is 0 Å². The van der Waals surface area contributed by atoms with E-state index < -0.39 is 0 Å². The second-order valence-corrected chi connectivity index (χ2v) is 9.10. The highest BCUT2D eigenvalue weighted by Gasteiger charge is 2.29. The molecule has 0 bridgehead atoms.